The number of nitrogens with one attached hydrogen (secondary N) is 1. The van der Waals surface area contributed by atoms with Crippen molar-refractivity contribution < 1.29 is 9.53 Å². The lowest BCUT2D eigenvalue weighted by Gasteiger charge is -2.30. The van der Waals surface area contributed by atoms with Crippen molar-refractivity contribution in [3.63, 3.8) is 0 Å². The SMILES string of the molecule is N#C/C(=C\c1cccc2ccccc12)C(=O)Nc1cc(Cl)ccc1N1CCOCC1. The maximum Gasteiger partial charge on any atom is 0.266 e. The summed E-state index contributed by atoms with van der Waals surface area (Å²) in [6.07, 6.45) is 1.62. The Balaban J connectivity index is 1.65. The van der Waals surface area contributed by atoms with E-state index in [1.807, 2.05) is 54.6 Å². The van der Waals surface area contributed by atoms with E-state index in [1.54, 1.807) is 18.2 Å². The molecule has 0 radical (unpaired) electrons. The largest absolute Gasteiger partial charge is 0.378 e. The molecule has 4 rings (SSSR count). The van der Waals surface area contributed by atoms with Gasteiger partial charge in [-0.15, -0.1) is 0 Å². The van der Waals surface area contributed by atoms with Gasteiger partial charge < -0.3 is 15.0 Å². The van der Waals surface area contributed by atoms with Crippen molar-refractivity contribution in [1.82, 2.24) is 0 Å². The fourth-order valence-electron chi connectivity index (χ4n) is 3.56. The van der Waals surface area contributed by atoms with Crippen molar-refractivity contribution in [3.05, 3.63) is 76.8 Å². The first kappa shape index (κ1) is 20.0. The highest BCUT2D eigenvalue weighted by Gasteiger charge is 2.18. The molecule has 0 aromatic heterocycles. The molecule has 1 aliphatic rings. The predicted octanol–water partition coefficient (Wildman–Crippen LogP) is 4.88. The molecule has 1 fully saturated rings. The first-order valence-corrected chi connectivity index (χ1v) is 10.1. The number of ether oxygens (including phenoxy) is 1. The molecule has 30 heavy (non-hydrogen) atoms. The minimum Gasteiger partial charge on any atom is -0.378 e. The number of benzene rings is 3. The molecule has 5 nitrogen and oxygen atoms in total. The average molecular weight is 418 g/mol. The molecule has 3 aromatic rings. The van der Waals surface area contributed by atoms with Crippen LogP contribution in [0.3, 0.4) is 0 Å². The van der Waals surface area contributed by atoms with Gasteiger partial charge in [-0.3, -0.25) is 4.79 Å². The van der Waals surface area contributed by atoms with E-state index in [4.69, 9.17) is 16.3 Å². The van der Waals surface area contributed by atoms with Gasteiger partial charge in [0, 0.05) is 18.1 Å². The predicted molar refractivity (Wildman–Crippen MR) is 121 cm³/mol. The molecule has 1 saturated heterocycles. The standard InChI is InChI=1S/C24H20ClN3O2/c25-20-8-9-23(28-10-12-30-13-11-28)22(15-20)27-24(29)19(16-26)14-18-6-3-5-17-4-1-2-7-21(17)18/h1-9,14-15H,10-13H2,(H,27,29)/b19-14+. The third-order valence-corrected chi connectivity index (χ3v) is 5.28. The smallest absolute Gasteiger partial charge is 0.266 e. The Labute approximate surface area is 180 Å². The molecule has 0 bridgehead atoms. The molecular formula is C24H20ClN3O2. The fraction of sp³-hybridized carbons (Fsp3) is 0.167. The molecule has 0 unspecified atom stereocenters. The second kappa shape index (κ2) is 9.00. The van der Waals surface area contributed by atoms with Crippen molar-refractivity contribution in [2.45, 2.75) is 0 Å². The van der Waals surface area contributed by atoms with Crippen molar-refractivity contribution in [3.8, 4) is 6.07 Å². The third-order valence-electron chi connectivity index (χ3n) is 5.05. The monoisotopic (exact) mass is 417 g/mol. The molecule has 6 heteroatoms. The van der Waals surface area contributed by atoms with Gasteiger partial charge in [0.15, 0.2) is 0 Å². The van der Waals surface area contributed by atoms with Gasteiger partial charge in [-0.25, -0.2) is 0 Å². The molecule has 0 saturated carbocycles. The van der Waals surface area contributed by atoms with Gasteiger partial charge >= 0.3 is 0 Å². The van der Waals surface area contributed by atoms with E-state index in [0.29, 0.717) is 23.9 Å². The fourth-order valence-corrected chi connectivity index (χ4v) is 3.73. The van der Waals surface area contributed by atoms with Crippen LogP contribution in [-0.4, -0.2) is 32.2 Å². The minimum atomic E-state index is -0.470. The first-order valence-electron chi connectivity index (χ1n) is 9.69. The number of nitriles is 1. The summed E-state index contributed by atoms with van der Waals surface area (Å²) < 4.78 is 5.42. The number of nitrogens with zero attached hydrogens (tertiary/aromatic N) is 2. The Morgan fingerprint density at radius 1 is 1.10 bits per heavy atom. The molecule has 1 heterocycles. The Morgan fingerprint density at radius 2 is 1.87 bits per heavy atom. The summed E-state index contributed by atoms with van der Waals surface area (Å²) in [5.74, 6) is -0.470. The van der Waals surface area contributed by atoms with Gasteiger partial charge in [0.05, 0.1) is 24.6 Å². The zero-order valence-corrected chi connectivity index (χ0v) is 17.0. The van der Waals surface area contributed by atoms with Gasteiger partial charge in [-0.05, 0) is 40.6 Å². The van der Waals surface area contributed by atoms with Crippen LogP contribution in [0.2, 0.25) is 5.02 Å². The molecule has 3 aromatic carbocycles. The van der Waals surface area contributed by atoms with Gasteiger partial charge in [-0.2, -0.15) is 5.26 Å². The van der Waals surface area contributed by atoms with Gasteiger partial charge in [0.2, 0.25) is 0 Å². The number of amides is 1. The molecule has 150 valence electrons. The summed E-state index contributed by atoms with van der Waals surface area (Å²) in [7, 11) is 0. The number of carbonyl (C=O) groups excluding carboxylic acids is 1. The van der Waals surface area contributed by atoms with Crippen LogP contribution in [0.4, 0.5) is 11.4 Å². The Kier molecular flexibility index (Phi) is 5.99. The van der Waals surface area contributed by atoms with Crippen molar-refractivity contribution in [2.24, 2.45) is 0 Å². The zero-order valence-electron chi connectivity index (χ0n) is 16.3. The number of fused-ring (bicyclic) bond motifs is 1. The Hall–Kier alpha value is -3.33. The summed E-state index contributed by atoms with van der Waals surface area (Å²) in [6.45, 7) is 2.70. The van der Waals surface area contributed by atoms with E-state index in [2.05, 4.69) is 10.2 Å². The van der Waals surface area contributed by atoms with E-state index in [1.165, 1.54) is 0 Å². The Bertz CT molecular complexity index is 1160. The second-order valence-electron chi connectivity index (χ2n) is 6.95. The van der Waals surface area contributed by atoms with Crippen molar-refractivity contribution in [2.75, 3.05) is 36.5 Å². The van der Waals surface area contributed by atoms with E-state index in [0.717, 1.165) is 35.1 Å². The number of hydrogen-bond acceptors (Lipinski definition) is 4. The lowest BCUT2D eigenvalue weighted by molar-refractivity contribution is -0.112. The van der Waals surface area contributed by atoms with E-state index in [-0.39, 0.29) is 5.57 Å². The van der Waals surface area contributed by atoms with E-state index >= 15 is 0 Å². The lowest BCUT2D eigenvalue weighted by atomic mass is 10.0. The van der Waals surface area contributed by atoms with E-state index < -0.39 is 5.91 Å². The van der Waals surface area contributed by atoms with Crippen LogP contribution in [0.5, 0.6) is 0 Å². The molecule has 1 amide bonds. The van der Waals surface area contributed by atoms with Gasteiger partial charge in [-0.1, -0.05) is 54.1 Å². The quantitative estimate of drug-likeness (QED) is 0.485. The summed E-state index contributed by atoms with van der Waals surface area (Å²) in [5.41, 5.74) is 2.28. The average Bonchev–Trinajstić information content (AvgIpc) is 2.78. The number of morpholine rings is 1. The first-order chi connectivity index (χ1) is 14.7. The van der Waals surface area contributed by atoms with Crippen LogP contribution in [0.15, 0.2) is 66.2 Å². The number of hydrogen-bond donors (Lipinski definition) is 1. The Morgan fingerprint density at radius 3 is 2.67 bits per heavy atom. The number of anilines is 2. The van der Waals surface area contributed by atoms with Crippen LogP contribution >= 0.6 is 11.6 Å². The normalized spacial score (nSPS) is 14.4. The lowest BCUT2D eigenvalue weighted by Crippen LogP contribution is -2.36. The summed E-state index contributed by atoms with van der Waals surface area (Å²) in [4.78, 5) is 15.1. The van der Waals surface area contributed by atoms with Crippen LogP contribution in [-0.2, 0) is 9.53 Å². The molecule has 0 aliphatic carbocycles. The van der Waals surface area contributed by atoms with Crippen LogP contribution in [0, 0.1) is 11.3 Å². The van der Waals surface area contributed by atoms with Crippen LogP contribution in [0.1, 0.15) is 5.56 Å². The van der Waals surface area contributed by atoms with E-state index in [9.17, 15) is 10.1 Å². The third kappa shape index (κ3) is 4.30. The highest BCUT2D eigenvalue weighted by Crippen LogP contribution is 2.30. The summed E-state index contributed by atoms with van der Waals surface area (Å²) in [5, 5.41) is 15.1. The molecule has 0 atom stereocenters. The highest BCUT2D eigenvalue weighted by atomic mass is 35.5. The minimum absolute atomic E-state index is 0.0271. The molecular weight excluding hydrogens is 398 g/mol. The van der Waals surface area contributed by atoms with Crippen molar-refractivity contribution in [1.29, 1.82) is 5.26 Å². The van der Waals surface area contributed by atoms with Crippen LogP contribution in [0.25, 0.3) is 16.8 Å². The maximum absolute atomic E-state index is 12.9. The summed E-state index contributed by atoms with van der Waals surface area (Å²) in [6, 6.07) is 21.1. The highest BCUT2D eigenvalue weighted by molar-refractivity contribution is 6.31. The molecule has 1 aliphatic heterocycles. The molecule has 1 N–H and O–H groups in total. The topological polar surface area (TPSA) is 65.4 Å². The number of rotatable bonds is 4. The van der Waals surface area contributed by atoms with Crippen LogP contribution < -0.4 is 10.2 Å². The zero-order chi connectivity index (χ0) is 20.9. The molecule has 0 spiro atoms. The van der Waals surface area contributed by atoms with Crippen molar-refractivity contribution >= 4 is 45.7 Å². The van der Waals surface area contributed by atoms with Gasteiger partial charge in [0.25, 0.3) is 5.91 Å². The number of halogens is 1. The number of carbonyl (C=O) groups is 1. The maximum atomic E-state index is 12.9. The van der Waals surface area contributed by atoms with Gasteiger partial charge in [0.1, 0.15) is 11.6 Å². The summed E-state index contributed by atoms with van der Waals surface area (Å²) >= 11 is 6.17. The second-order valence-corrected chi connectivity index (χ2v) is 7.39.